The topological polar surface area (TPSA) is 73.8 Å². The Labute approximate surface area is 156 Å². The molecule has 1 aromatic carbocycles. The van der Waals surface area contributed by atoms with E-state index in [1.54, 1.807) is 18.2 Å². The van der Waals surface area contributed by atoms with E-state index in [-0.39, 0.29) is 18.2 Å². The molecule has 3 rings (SSSR count). The van der Waals surface area contributed by atoms with Crippen molar-refractivity contribution in [3.05, 3.63) is 28.2 Å². The minimum atomic E-state index is -0.708. The smallest absolute Gasteiger partial charge is 0.252 e. The van der Waals surface area contributed by atoms with E-state index >= 15 is 0 Å². The van der Waals surface area contributed by atoms with Crippen LogP contribution in [0.4, 0.5) is 5.69 Å². The predicted octanol–water partition coefficient (Wildman–Crippen LogP) is 2.91. The Morgan fingerprint density at radius 3 is 2.76 bits per heavy atom. The van der Waals surface area contributed by atoms with Gasteiger partial charge in [-0.25, -0.2) is 4.99 Å². The van der Waals surface area contributed by atoms with Gasteiger partial charge in [0.2, 0.25) is 11.9 Å². The third-order valence-electron chi connectivity index (χ3n) is 4.48. The van der Waals surface area contributed by atoms with Crippen molar-refractivity contribution in [3.63, 3.8) is 0 Å². The highest BCUT2D eigenvalue weighted by molar-refractivity contribution is 6.36. The third-order valence-corrected chi connectivity index (χ3v) is 5.03. The number of piperidine rings is 1. The van der Waals surface area contributed by atoms with Gasteiger partial charge in [0.05, 0.1) is 17.1 Å². The number of amides is 2. The highest BCUT2D eigenvalue weighted by Gasteiger charge is 2.32. The van der Waals surface area contributed by atoms with E-state index in [9.17, 15) is 9.59 Å². The van der Waals surface area contributed by atoms with Crippen molar-refractivity contribution in [2.45, 2.75) is 32.2 Å². The molecule has 25 heavy (non-hydrogen) atoms. The van der Waals surface area contributed by atoms with Gasteiger partial charge in [-0.05, 0) is 37.0 Å². The Hall–Kier alpha value is -1.79. The van der Waals surface area contributed by atoms with Crippen LogP contribution < -0.4 is 10.6 Å². The molecule has 0 bridgehead atoms. The van der Waals surface area contributed by atoms with Crippen LogP contribution in [0.5, 0.6) is 0 Å². The van der Waals surface area contributed by atoms with Crippen LogP contribution in [0.1, 0.15) is 26.2 Å². The number of carbonyl (C=O) groups excluding carboxylic acids is 2. The van der Waals surface area contributed by atoms with Gasteiger partial charge in [0.25, 0.3) is 5.91 Å². The number of benzene rings is 1. The molecule has 6 nitrogen and oxygen atoms in total. The van der Waals surface area contributed by atoms with Crippen LogP contribution >= 0.6 is 23.2 Å². The van der Waals surface area contributed by atoms with E-state index in [1.165, 1.54) is 0 Å². The van der Waals surface area contributed by atoms with Crippen LogP contribution in [-0.2, 0) is 9.59 Å². The summed E-state index contributed by atoms with van der Waals surface area (Å²) in [5.74, 6) is 0.714. The number of guanidine groups is 1. The lowest BCUT2D eigenvalue weighted by atomic mass is 10.00. The SMILES string of the molecule is CC1CCN(C2=N[C@@H](CC(=O)Nc3ccc(Cl)cc3Cl)C(=O)N2)CC1. The van der Waals surface area contributed by atoms with E-state index in [0.717, 1.165) is 25.9 Å². The highest BCUT2D eigenvalue weighted by Crippen LogP contribution is 2.26. The van der Waals surface area contributed by atoms with Crippen molar-refractivity contribution in [3.8, 4) is 0 Å². The number of hydrogen-bond acceptors (Lipinski definition) is 4. The average Bonchev–Trinajstić information content (AvgIpc) is 2.91. The maximum atomic E-state index is 12.2. The lowest BCUT2D eigenvalue weighted by molar-refractivity contribution is -0.124. The largest absolute Gasteiger partial charge is 0.343 e. The summed E-state index contributed by atoms with van der Waals surface area (Å²) in [6.45, 7) is 3.97. The molecule has 1 fully saturated rings. The lowest BCUT2D eigenvalue weighted by Crippen LogP contribution is -2.44. The first-order valence-electron chi connectivity index (χ1n) is 8.31. The highest BCUT2D eigenvalue weighted by atomic mass is 35.5. The van der Waals surface area contributed by atoms with Gasteiger partial charge in [-0.1, -0.05) is 30.1 Å². The van der Waals surface area contributed by atoms with Crippen LogP contribution in [0.2, 0.25) is 10.0 Å². The fourth-order valence-electron chi connectivity index (χ4n) is 2.92. The molecular formula is C17H20Cl2N4O2. The van der Waals surface area contributed by atoms with Crippen molar-refractivity contribution in [1.29, 1.82) is 0 Å². The zero-order chi connectivity index (χ0) is 18.0. The van der Waals surface area contributed by atoms with Gasteiger partial charge >= 0.3 is 0 Å². The molecule has 1 saturated heterocycles. The molecule has 0 aromatic heterocycles. The number of rotatable bonds is 3. The van der Waals surface area contributed by atoms with Crippen molar-refractivity contribution < 1.29 is 9.59 Å². The molecule has 0 radical (unpaired) electrons. The molecule has 2 heterocycles. The van der Waals surface area contributed by atoms with Crippen LogP contribution in [0.25, 0.3) is 0 Å². The molecule has 0 unspecified atom stereocenters. The third kappa shape index (κ3) is 4.44. The Bertz CT molecular complexity index is 715. The Kier molecular flexibility index (Phi) is 5.49. The molecule has 0 saturated carbocycles. The van der Waals surface area contributed by atoms with E-state index in [4.69, 9.17) is 23.2 Å². The van der Waals surface area contributed by atoms with Crippen LogP contribution in [0.3, 0.4) is 0 Å². The summed E-state index contributed by atoms with van der Waals surface area (Å²) >= 11 is 11.9. The molecule has 134 valence electrons. The molecule has 2 N–H and O–H groups in total. The first-order chi connectivity index (χ1) is 11.9. The quantitative estimate of drug-likeness (QED) is 0.843. The Balaban J connectivity index is 1.60. The van der Waals surface area contributed by atoms with E-state index in [2.05, 4.69) is 27.4 Å². The maximum absolute atomic E-state index is 12.2. The maximum Gasteiger partial charge on any atom is 0.252 e. The minimum Gasteiger partial charge on any atom is -0.343 e. The van der Waals surface area contributed by atoms with Crippen molar-refractivity contribution in [2.75, 3.05) is 18.4 Å². The summed E-state index contributed by atoms with van der Waals surface area (Å²) in [6, 6.07) is 4.11. The second kappa shape index (κ2) is 7.62. The summed E-state index contributed by atoms with van der Waals surface area (Å²) in [4.78, 5) is 30.8. The fraction of sp³-hybridized carbons (Fsp3) is 0.471. The van der Waals surface area contributed by atoms with E-state index in [1.807, 2.05) is 0 Å². The lowest BCUT2D eigenvalue weighted by Gasteiger charge is -2.31. The standard InChI is InChI=1S/C17H20Cl2N4O2/c1-10-4-6-23(7-5-10)17-21-14(16(25)22-17)9-15(24)20-13-3-2-11(18)8-12(13)19/h2-3,8,10,14H,4-7,9H2,1H3,(H,20,24)(H,21,22,25)/t14-/m0/s1. The normalized spacial score (nSPS) is 21.1. The van der Waals surface area contributed by atoms with Crippen molar-refractivity contribution in [2.24, 2.45) is 10.9 Å². The van der Waals surface area contributed by atoms with Gasteiger partial charge < -0.3 is 10.2 Å². The average molecular weight is 383 g/mol. The number of aliphatic imine (C=N–C) groups is 1. The summed E-state index contributed by atoms with van der Waals surface area (Å²) < 4.78 is 0. The fourth-order valence-corrected chi connectivity index (χ4v) is 3.37. The molecule has 2 aliphatic rings. The number of nitrogens with zero attached hydrogens (tertiary/aromatic N) is 2. The molecule has 0 spiro atoms. The number of anilines is 1. The summed E-state index contributed by atoms with van der Waals surface area (Å²) in [5, 5.41) is 6.32. The predicted molar refractivity (Wildman–Crippen MR) is 99.0 cm³/mol. The summed E-state index contributed by atoms with van der Waals surface area (Å²) in [5.41, 5.74) is 0.462. The van der Waals surface area contributed by atoms with Gasteiger partial charge in [0, 0.05) is 18.1 Å². The van der Waals surface area contributed by atoms with Gasteiger partial charge in [0.1, 0.15) is 6.04 Å². The molecule has 1 atom stereocenters. The number of hydrogen-bond donors (Lipinski definition) is 2. The number of halogens is 2. The van der Waals surface area contributed by atoms with Crippen LogP contribution in [0.15, 0.2) is 23.2 Å². The van der Waals surface area contributed by atoms with Crippen LogP contribution in [0, 0.1) is 5.92 Å². The van der Waals surface area contributed by atoms with Gasteiger partial charge in [-0.2, -0.15) is 0 Å². The summed E-state index contributed by atoms with van der Waals surface area (Å²) in [7, 11) is 0. The Morgan fingerprint density at radius 1 is 1.36 bits per heavy atom. The first kappa shape index (κ1) is 18.0. The second-order valence-electron chi connectivity index (χ2n) is 6.50. The first-order valence-corrected chi connectivity index (χ1v) is 9.06. The number of carbonyl (C=O) groups is 2. The number of likely N-dealkylation sites (tertiary alicyclic amines) is 1. The van der Waals surface area contributed by atoms with Gasteiger partial charge in [0.15, 0.2) is 0 Å². The Morgan fingerprint density at radius 2 is 2.08 bits per heavy atom. The molecule has 0 aliphatic carbocycles. The van der Waals surface area contributed by atoms with Gasteiger partial charge in [-0.3, -0.25) is 14.9 Å². The zero-order valence-electron chi connectivity index (χ0n) is 13.9. The molecule has 8 heteroatoms. The van der Waals surface area contributed by atoms with E-state index < -0.39 is 6.04 Å². The van der Waals surface area contributed by atoms with Crippen molar-refractivity contribution >= 4 is 46.7 Å². The second-order valence-corrected chi connectivity index (χ2v) is 7.35. The molecule has 1 aromatic rings. The van der Waals surface area contributed by atoms with Crippen molar-refractivity contribution in [1.82, 2.24) is 10.2 Å². The molecule has 2 aliphatic heterocycles. The molecular weight excluding hydrogens is 363 g/mol. The molecule has 2 amide bonds. The van der Waals surface area contributed by atoms with Gasteiger partial charge in [-0.15, -0.1) is 0 Å². The monoisotopic (exact) mass is 382 g/mol. The summed E-state index contributed by atoms with van der Waals surface area (Å²) in [6.07, 6.45) is 2.13. The zero-order valence-corrected chi connectivity index (χ0v) is 15.4. The minimum absolute atomic E-state index is 0.0292. The van der Waals surface area contributed by atoms with E-state index in [0.29, 0.717) is 27.6 Å². The van der Waals surface area contributed by atoms with Crippen LogP contribution in [-0.4, -0.2) is 41.8 Å². The number of nitrogens with one attached hydrogen (secondary N) is 2.